The van der Waals surface area contributed by atoms with Crippen LogP contribution < -0.4 is 11.2 Å². The Morgan fingerprint density at radius 3 is 2.50 bits per heavy atom. The van der Waals surface area contributed by atoms with Crippen molar-refractivity contribution in [3.05, 3.63) is 80.5 Å². The van der Waals surface area contributed by atoms with Crippen LogP contribution in [-0.4, -0.2) is 22.6 Å². The van der Waals surface area contributed by atoms with Gasteiger partial charge in [-0.05, 0) is 36.2 Å². The molecule has 6 nitrogen and oxygen atoms in total. The molecule has 0 spiro atoms. The standard InChI is InChI=1S/C18H16N2O4/c1-24-17(22)13-8-6-12(7-9-13)10-11-20-16(21)14-4-2-3-5-15(14)19-18(20)23/h2-9H,10-11H2,1H3,(H,19,23). The number of methoxy groups -OCH3 is 1. The van der Waals surface area contributed by atoms with Gasteiger partial charge in [0.1, 0.15) is 0 Å². The third kappa shape index (κ3) is 2.99. The molecule has 0 saturated carbocycles. The first-order valence-electron chi connectivity index (χ1n) is 7.49. The summed E-state index contributed by atoms with van der Waals surface area (Å²) in [6, 6.07) is 13.8. The average Bonchev–Trinajstić information content (AvgIpc) is 2.61. The van der Waals surface area contributed by atoms with Crippen LogP contribution in [0.3, 0.4) is 0 Å². The molecule has 0 aliphatic carbocycles. The maximum Gasteiger partial charge on any atom is 0.337 e. The first-order valence-corrected chi connectivity index (χ1v) is 7.49. The summed E-state index contributed by atoms with van der Waals surface area (Å²) in [5.74, 6) is -0.399. The topological polar surface area (TPSA) is 81.2 Å². The first kappa shape index (κ1) is 15.7. The number of nitrogens with zero attached hydrogens (tertiary/aromatic N) is 1. The second-order valence-electron chi connectivity index (χ2n) is 5.37. The zero-order chi connectivity index (χ0) is 17.1. The Balaban J connectivity index is 1.84. The molecule has 0 bridgehead atoms. The summed E-state index contributed by atoms with van der Waals surface area (Å²) >= 11 is 0. The van der Waals surface area contributed by atoms with Crippen LogP contribution in [0.1, 0.15) is 15.9 Å². The van der Waals surface area contributed by atoms with E-state index in [1.165, 1.54) is 11.7 Å². The molecule has 0 radical (unpaired) electrons. The third-order valence-electron chi connectivity index (χ3n) is 3.89. The minimum Gasteiger partial charge on any atom is -0.465 e. The number of fused-ring (bicyclic) bond motifs is 1. The number of aromatic amines is 1. The largest absolute Gasteiger partial charge is 0.465 e. The van der Waals surface area contributed by atoms with Crippen molar-refractivity contribution in [3.8, 4) is 0 Å². The van der Waals surface area contributed by atoms with Crippen LogP contribution in [0.5, 0.6) is 0 Å². The summed E-state index contributed by atoms with van der Waals surface area (Å²) in [5, 5.41) is 0.484. The van der Waals surface area contributed by atoms with Crippen molar-refractivity contribution in [2.24, 2.45) is 0 Å². The van der Waals surface area contributed by atoms with Crippen molar-refractivity contribution in [1.82, 2.24) is 9.55 Å². The van der Waals surface area contributed by atoms with Crippen molar-refractivity contribution in [3.63, 3.8) is 0 Å². The smallest absolute Gasteiger partial charge is 0.337 e. The fourth-order valence-corrected chi connectivity index (χ4v) is 2.57. The number of rotatable bonds is 4. The van der Waals surface area contributed by atoms with Crippen molar-refractivity contribution >= 4 is 16.9 Å². The summed E-state index contributed by atoms with van der Waals surface area (Å²) in [6.07, 6.45) is 0.503. The van der Waals surface area contributed by atoms with Crippen molar-refractivity contribution in [2.45, 2.75) is 13.0 Å². The number of hydrogen-bond donors (Lipinski definition) is 1. The molecular weight excluding hydrogens is 308 g/mol. The Bertz CT molecular complexity index is 1000. The lowest BCUT2D eigenvalue weighted by Gasteiger charge is -2.07. The van der Waals surface area contributed by atoms with E-state index >= 15 is 0 Å². The van der Waals surface area contributed by atoms with Gasteiger partial charge < -0.3 is 9.72 Å². The fraction of sp³-hybridized carbons (Fsp3) is 0.167. The van der Waals surface area contributed by atoms with Gasteiger partial charge in [0, 0.05) is 6.54 Å². The molecule has 3 aromatic rings. The van der Waals surface area contributed by atoms with Crippen LogP contribution in [0.4, 0.5) is 0 Å². The van der Waals surface area contributed by atoms with Gasteiger partial charge in [-0.3, -0.25) is 9.36 Å². The number of H-pyrrole nitrogens is 1. The van der Waals surface area contributed by atoms with E-state index in [1.807, 2.05) is 0 Å². The van der Waals surface area contributed by atoms with Gasteiger partial charge in [0.25, 0.3) is 5.56 Å². The molecule has 0 fully saturated rings. The lowest BCUT2D eigenvalue weighted by molar-refractivity contribution is 0.0600. The van der Waals surface area contributed by atoms with E-state index in [1.54, 1.807) is 48.5 Å². The van der Waals surface area contributed by atoms with Gasteiger partial charge in [-0.25, -0.2) is 9.59 Å². The van der Waals surface area contributed by atoms with E-state index in [0.29, 0.717) is 22.9 Å². The molecule has 3 rings (SSSR count). The number of ether oxygens (including phenoxy) is 1. The highest BCUT2D eigenvalue weighted by atomic mass is 16.5. The monoisotopic (exact) mass is 324 g/mol. The van der Waals surface area contributed by atoms with Gasteiger partial charge in [-0.15, -0.1) is 0 Å². The number of esters is 1. The molecule has 6 heteroatoms. The number of para-hydroxylation sites is 1. The second kappa shape index (κ2) is 6.54. The number of carbonyl (C=O) groups is 1. The normalized spacial score (nSPS) is 10.7. The predicted octanol–water partition coefficient (Wildman–Crippen LogP) is 1.72. The van der Waals surface area contributed by atoms with E-state index in [9.17, 15) is 14.4 Å². The first-order chi connectivity index (χ1) is 11.6. The number of aryl methyl sites for hydroxylation is 1. The molecule has 0 saturated heterocycles. The van der Waals surface area contributed by atoms with E-state index < -0.39 is 11.7 Å². The SMILES string of the molecule is COC(=O)c1ccc(CCn2c(=O)[nH]c3ccccc3c2=O)cc1. The molecule has 1 heterocycles. The molecule has 1 aromatic heterocycles. The maximum atomic E-state index is 12.4. The Morgan fingerprint density at radius 2 is 1.79 bits per heavy atom. The van der Waals surface area contributed by atoms with Crippen LogP contribution >= 0.6 is 0 Å². The van der Waals surface area contributed by atoms with Gasteiger partial charge in [0.05, 0.1) is 23.6 Å². The number of carbonyl (C=O) groups excluding carboxylic acids is 1. The van der Waals surface area contributed by atoms with E-state index in [-0.39, 0.29) is 12.1 Å². The fourth-order valence-electron chi connectivity index (χ4n) is 2.57. The van der Waals surface area contributed by atoms with Gasteiger partial charge in [0.2, 0.25) is 0 Å². The summed E-state index contributed by atoms with van der Waals surface area (Å²) in [6.45, 7) is 0.260. The van der Waals surface area contributed by atoms with Crippen LogP contribution in [0.25, 0.3) is 10.9 Å². The zero-order valence-electron chi connectivity index (χ0n) is 13.1. The summed E-state index contributed by atoms with van der Waals surface area (Å²) < 4.78 is 5.84. The highest BCUT2D eigenvalue weighted by Gasteiger charge is 2.08. The van der Waals surface area contributed by atoms with E-state index in [2.05, 4.69) is 9.72 Å². The number of benzene rings is 2. The Hall–Kier alpha value is -3.15. The molecule has 0 amide bonds. The van der Waals surface area contributed by atoms with Gasteiger partial charge in [-0.2, -0.15) is 0 Å². The summed E-state index contributed by atoms with van der Waals surface area (Å²) in [5.41, 5.74) is 1.18. The molecule has 2 aromatic carbocycles. The molecule has 0 aliphatic heterocycles. The number of aromatic nitrogens is 2. The highest BCUT2D eigenvalue weighted by molar-refractivity contribution is 5.89. The third-order valence-corrected chi connectivity index (χ3v) is 3.89. The van der Waals surface area contributed by atoms with Crippen molar-refractivity contribution in [1.29, 1.82) is 0 Å². The molecule has 0 atom stereocenters. The van der Waals surface area contributed by atoms with E-state index in [4.69, 9.17) is 0 Å². The van der Waals surface area contributed by atoms with Crippen LogP contribution in [0, 0.1) is 0 Å². The lowest BCUT2D eigenvalue weighted by Crippen LogP contribution is -2.35. The van der Waals surface area contributed by atoms with Crippen LogP contribution in [0.15, 0.2) is 58.1 Å². The molecule has 122 valence electrons. The van der Waals surface area contributed by atoms with Crippen LogP contribution in [0.2, 0.25) is 0 Å². The number of hydrogen-bond acceptors (Lipinski definition) is 4. The van der Waals surface area contributed by atoms with Crippen molar-refractivity contribution < 1.29 is 9.53 Å². The quantitative estimate of drug-likeness (QED) is 0.741. The Morgan fingerprint density at radius 1 is 1.08 bits per heavy atom. The molecule has 0 aliphatic rings. The molecule has 0 unspecified atom stereocenters. The molecule has 1 N–H and O–H groups in total. The summed E-state index contributed by atoms with van der Waals surface area (Å²) in [4.78, 5) is 38.7. The number of nitrogens with one attached hydrogen (secondary N) is 1. The van der Waals surface area contributed by atoms with Gasteiger partial charge in [0.15, 0.2) is 0 Å². The average molecular weight is 324 g/mol. The highest BCUT2D eigenvalue weighted by Crippen LogP contribution is 2.07. The zero-order valence-corrected chi connectivity index (χ0v) is 13.1. The van der Waals surface area contributed by atoms with Gasteiger partial charge in [-0.1, -0.05) is 24.3 Å². The maximum absolute atomic E-state index is 12.4. The van der Waals surface area contributed by atoms with Crippen LogP contribution in [-0.2, 0) is 17.7 Å². The predicted molar refractivity (Wildman–Crippen MR) is 90.3 cm³/mol. The second-order valence-corrected chi connectivity index (χ2v) is 5.37. The Kier molecular flexibility index (Phi) is 4.29. The Labute approximate surface area is 137 Å². The molecule has 24 heavy (non-hydrogen) atoms. The minimum atomic E-state index is -0.426. The lowest BCUT2D eigenvalue weighted by atomic mass is 10.1. The van der Waals surface area contributed by atoms with E-state index in [0.717, 1.165) is 5.56 Å². The van der Waals surface area contributed by atoms with Crippen molar-refractivity contribution in [2.75, 3.05) is 7.11 Å². The molecular formula is C18H16N2O4. The van der Waals surface area contributed by atoms with Gasteiger partial charge >= 0.3 is 11.7 Å². The minimum absolute atomic E-state index is 0.260. The summed E-state index contributed by atoms with van der Waals surface area (Å²) in [7, 11) is 1.33.